The molecule has 2 aliphatic rings. The molecule has 0 aromatic carbocycles. The number of hydrogen-bond donors (Lipinski definition) is 3. The van der Waals surface area contributed by atoms with E-state index in [0.29, 0.717) is 37.7 Å². The number of rotatable bonds is 9. The summed E-state index contributed by atoms with van der Waals surface area (Å²) in [6.45, 7) is 1.61. The summed E-state index contributed by atoms with van der Waals surface area (Å²) in [6.07, 6.45) is 6.83. The van der Waals surface area contributed by atoms with Gasteiger partial charge in [-0.1, -0.05) is 5.16 Å². The highest BCUT2D eigenvalue weighted by molar-refractivity contribution is 5.92. The number of aromatic nitrogens is 1. The molecule has 0 bridgehead atoms. The maximum atomic E-state index is 12.4. The molecule has 0 saturated heterocycles. The van der Waals surface area contributed by atoms with Crippen LogP contribution in [-0.2, 0) is 4.79 Å². The zero-order chi connectivity index (χ0) is 19.2. The second-order valence-corrected chi connectivity index (χ2v) is 7.64. The predicted molar refractivity (Wildman–Crippen MR) is 101 cm³/mol. The quantitative estimate of drug-likeness (QED) is 0.592. The van der Waals surface area contributed by atoms with Crippen molar-refractivity contribution in [1.29, 1.82) is 0 Å². The molecule has 0 spiro atoms. The first-order chi connectivity index (χ1) is 13.1. The summed E-state index contributed by atoms with van der Waals surface area (Å²) < 4.78 is 5.26. The van der Waals surface area contributed by atoms with Gasteiger partial charge in [0, 0.05) is 43.6 Å². The monoisotopic (exact) mass is 377 g/mol. The average Bonchev–Trinajstić information content (AvgIpc) is 3.40. The minimum Gasteiger partial charge on any atom is -0.360 e. The fraction of sp³-hybridized carbons (Fsp3) is 0.737. The number of amides is 2. The topological polar surface area (TPSA) is 127 Å². The van der Waals surface area contributed by atoms with Crippen molar-refractivity contribution in [1.82, 2.24) is 15.4 Å². The van der Waals surface area contributed by atoms with Gasteiger partial charge in [0.05, 0.1) is 0 Å². The van der Waals surface area contributed by atoms with E-state index in [4.69, 9.17) is 16.0 Å². The number of nitrogens with one attached hydrogen (secondary N) is 1. The highest BCUT2D eigenvalue weighted by Crippen LogP contribution is 2.40. The molecule has 8 nitrogen and oxygen atoms in total. The summed E-state index contributed by atoms with van der Waals surface area (Å²) in [5.41, 5.74) is 11.5. The lowest BCUT2D eigenvalue weighted by Crippen LogP contribution is -2.47. The molecule has 1 aromatic rings. The van der Waals surface area contributed by atoms with Crippen LogP contribution in [0.4, 0.5) is 0 Å². The van der Waals surface area contributed by atoms with Gasteiger partial charge in [0.2, 0.25) is 5.91 Å². The Bertz CT molecular complexity index is 635. The Balaban J connectivity index is 1.49. The second-order valence-electron chi connectivity index (χ2n) is 7.64. The fourth-order valence-corrected chi connectivity index (χ4v) is 3.79. The number of carbonyl (C=O) groups is 2. The van der Waals surface area contributed by atoms with Crippen molar-refractivity contribution in [2.45, 2.75) is 69.4 Å². The predicted octanol–water partition coefficient (Wildman–Crippen LogP) is 1.12. The van der Waals surface area contributed by atoms with E-state index in [1.807, 2.05) is 4.90 Å². The van der Waals surface area contributed by atoms with Gasteiger partial charge in [-0.05, 0) is 51.5 Å². The van der Waals surface area contributed by atoms with Gasteiger partial charge in [-0.15, -0.1) is 0 Å². The Morgan fingerprint density at radius 3 is 2.52 bits per heavy atom. The largest absolute Gasteiger partial charge is 0.360 e. The number of carbonyl (C=O) groups excluding carboxylic acids is 2. The molecule has 1 heterocycles. The van der Waals surface area contributed by atoms with Crippen LogP contribution in [0.5, 0.6) is 0 Å². The van der Waals surface area contributed by atoms with Crippen molar-refractivity contribution < 1.29 is 14.1 Å². The van der Waals surface area contributed by atoms with E-state index in [9.17, 15) is 9.59 Å². The van der Waals surface area contributed by atoms with Gasteiger partial charge < -0.3 is 26.2 Å². The van der Waals surface area contributed by atoms with Crippen molar-refractivity contribution in [3.63, 3.8) is 0 Å². The molecule has 8 heteroatoms. The summed E-state index contributed by atoms with van der Waals surface area (Å²) in [7, 11) is 0. The highest BCUT2D eigenvalue weighted by Gasteiger charge is 2.31. The van der Waals surface area contributed by atoms with E-state index < -0.39 is 0 Å². The number of nitrogens with two attached hydrogens (primary N) is 2. The van der Waals surface area contributed by atoms with Crippen LogP contribution in [0.1, 0.15) is 73.5 Å². The number of hydrogen-bond acceptors (Lipinski definition) is 6. The van der Waals surface area contributed by atoms with Gasteiger partial charge in [-0.3, -0.25) is 9.59 Å². The normalized spacial score (nSPS) is 22.4. The fourth-order valence-electron chi connectivity index (χ4n) is 3.79. The molecule has 0 radical (unpaired) electrons. The summed E-state index contributed by atoms with van der Waals surface area (Å²) in [5.74, 6) is 1.19. The van der Waals surface area contributed by atoms with Crippen LogP contribution in [-0.4, -0.2) is 53.6 Å². The van der Waals surface area contributed by atoms with Crippen molar-refractivity contribution in [2.24, 2.45) is 11.5 Å². The highest BCUT2D eigenvalue weighted by atomic mass is 16.5. The average molecular weight is 377 g/mol. The van der Waals surface area contributed by atoms with Crippen molar-refractivity contribution in [2.75, 3.05) is 19.6 Å². The van der Waals surface area contributed by atoms with Gasteiger partial charge >= 0.3 is 0 Å². The molecule has 5 N–H and O–H groups in total. The van der Waals surface area contributed by atoms with Crippen molar-refractivity contribution in [3.05, 3.63) is 17.5 Å². The smallest absolute Gasteiger partial charge is 0.273 e. The van der Waals surface area contributed by atoms with E-state index in [0.717, 1.165) is 50.7 Å². The second kappa shape index (κ2) is 9.32. The maximum absolute atomic E-state index is 12.4. The minimum atomic E-state index is -0.173. The van der Waals surface area contributed by atoms with Gasteiger partial charge in [0.25, 0.3) is 5.91 Å². The molecular formula is C19H31N5O3. The van der Waals surface area contributed by atoms with Crippen molar-refractivity contribution >= 4 is 11.8 Å². The van der Waals surface area contributed by atoms with E-state index >= 15 is 0 Å². The van der Waals surface area contributed by atoms with Crippen LogP contribution in [0.3, 0.4) is 0 Å². The summed E-state index contributed by atoms with van der Waals surface area (Å²) in [6, 6.07) is 2.08. The molecule has 2 amide bonds. The zero-order valence-corrected chi connectivity index (χ0v) is 15.9. The first-order valence-electron chi connectivity index (χ1n) is 10.1. The van der Waals surface area contributed by atoms with E-state index in [2.05, 4.69) is 10.5 Å². The molecule has 0 aliphatic heterocycles. The molecule has 2 fully saturated rings. The van der Waals surface area contributed by atoms with Crippen LogP contribution in [0.25, 0.3) is 0 Å². The van der Waals surface area contributed by atoms with Crippen molar-refractivity contribution in [3.8, 4) is 0 Å². The Hall–Kier alpha value is -1.93. The van der Waals surface area contributed by atoms with Gasteiger partial charge in [-0.25, -0.2) is 0 Å². The standard InChI is InChI=1S/C19H31N5O3/c20-9-1-11-24(18(25)8-10-21)15-6-4-14(5-7-15)22-19(26)16-12-17(27-23-16)13-2-3-13/h12-15H,1-11,20-21H2,(H,22,26)/t14-,15+. The molecule has 2 saturated carbocycles. The van der Waals surface area contributed by atoms with E-state index in [-0.39, 0.29) is 23.9 Å². The summed E-state index contributed by atoms with van der Waals surface area (Å²) >= 11 is 0. The lowest BCUT2D eigenvalue weighted by Gasteiger charge is -2.37. The Morgan fingerprint density at radius 1 is 1.15 bits per heavy atom. The lowest BCUT2D eigenvalue weighted by atomic mass is 9.89. The van der Waals surface area contributed by atoms with E-state index in [1.54, 1.807) is 6.07 Å². The van der Waals surface area contributed by atoms with Crippen LogP contribution in [0.2, 0.25) is 0 Å². The van der Waals surface area contributed by atoms with Crippen LogP contribution in [0, 0.1) is 0 Å². The summed E-state index contributed by atoms with van der Waals surface area (Å²) in [5, 5.41) is 6.96. The third-order valence-electron chi connectivity index (χ3n) is 5.50. The van der Waals surface area contributed by atoms with Gasteiger partial charge in [0.15, 0.2) is 5.69 Å². The zero-order valence-electron chi connectivity index (χ0n) is 15.9. The number of nitrogens with zero attached hydrogens (tertiary/aromatic N) is 2. The summed E-state index contributed by atoms with van der Waals surface area (Å²) in [4.78, 5) is 26.7. The van der Waals surface area contributed by atoms with Crippen LogP contribution >= 0.6 is 0 Å². The molecule has 0 unspecified atom stereocenters. The Morgan fingerprint density at radius 2 is 1.89 bits per heavy atom. The van der Waals surface area contributed by atoms with Gasteiger partial charge in [-0.2, -0.15) is 0 Å². The minimum absolute atomic E-state index is 0.105. The SMILES string of the molecule is NCCCN(C(=O)CCN)[C@H]1CC[C@@H](NC(=O)c2cc(C3CC3)on2)CC1. The van der Waals surface area contributed by atoms with Crippen LogP contribution < -0.4 is 16.8 Å². The lowest BCUT2D eigenvalue weighted by molar-refractivity contribution is -0.134. The Kier molecular flexibility index (Phi) is 6.84. The third kappa shape index (κ3) is 5.29. The maximum Gasteiger partial charge on any atom is 0.273 e. The first-order valence-corrected chi connectivity index (χ1v) is 10.1. The van der Waals surface area contributed by atoms with Gasteiger partial charge in [0.1, 0.15) is 5.76 Å². The third-order valence-corrected chi connectivity index (χ3v) is 5.50. The Labute approximate surface area is 160 Å². The molecule has 1 aromatic heterocycles. The molecular weight excluding hydrogens is 346 g/mol. The molecule has 0 atom stereocenters. The first kappa shape index (κ1) is 19.8. The molecule has 3 rings (SSSR count). The van der Waals surface area contributed by atoms with Crippen LogP contribution in [0.15, 0.2) is 10.6 Å². The van der Waals surface area contributed by atoms with E-state index in [1.165, 1.54) is 0 Å². The molecule has 150 valence electrons. The molecule has 2 aliphatic carbocycles. The molecule has 27 heavy (non-hydrogen) atoms.